The van der Waals surface area contributed by atoms with E-state index in [0.717, 1.165) is 25.2 Å². The average Bonchev–Trinajstić information content (AvgIpc) is 1.98. The van der Waals surface area contributed by atoms with Crippen LogP contribution in [0.25, 0.3) is 0 Å². The molecule has 3 unspecified atom stereocenters. The van der Waals surface area contributed by atoms with E-state index in [4.69, 9.17) is 6.42 Å². The van der Waals surface area contributed by atoms with E-state index in [2.05, 4.69) is 19.8 Å². The highest BCUT2D eigenvalue weighted by Crippen LogP contribution is 2.37. The molecular formula is C11H18O. The normalized spacial score (nSPS) is 42.2. The van der Waals surface area contributed by atoms with Crippen molar-refractivity contribution in [1.29, 1.82) is 0 Å². The molecule has 1 aliphatic rings. The van der Waals surface area contributed by atoms with Gasteiger partial charge in [-0.25, -0.2) is 0 Å². The summed E-state index contributed by atoms with van der Waals surface area (Å²) < 4.78 is 0. The van der Waals surface area contributed by atoms with Crippen LogP contribution >= 0.6 is 0 Å². The summed E-state index contributed by atoms with van der Waals surface area (Å²) in [4.78, 5) is 0. The van der Waals surface area contributed by atoms with Crippen LogP contribution in [0.15, 0.2) is 0 Å². The van der Waals surface area contributed by atoms with E-state index in [1.807, 2.05) is 0 Å². The molecule has 1 N–H and O–H groups in total. The van der Waals surface area contributed by atoms with Crippen molar-refractivity contribution in [2.24, 2.45) is 11.8 Å². The van der Waals surface area contributed by atoms with Gasteiger partial charge in [0.1, 0.15) is 0 Å². The Kier molecular flexibility index (Phi) is 2.80. The summed E-state index contributed by atoms with van der Waals surface area (Å²) in [6.07, 6.45) is 8.59. The largest absolute Gasteiger partial charge is 0.389 e. The van der Waals surface area contributed by atoms with Crippen molar-refractivity contribution in [3.05, 3.63) is 0 Å². The Morgan fingerprint density at radius 1 is 1.50 bits per heavy atom. The van der Waals surface area contributed by atoms with E-state index in [1.165, 1.54) is 0 Å². The Morgan fingerprint density at radius 3 is 2.67 bits per heavy atom. The van der Waals surface area contributed by atoms with Crippen molar-refractivity contribution in [2.45, 2.75) is 45.1 Å². The zero-order valence-corrected chi connectivity index (χ0v) is 8.01. The molecule has 0 aromatic heterocycles. The zero-order valence-electron chi connectivity index (χ0n) is 8.01. The molecule has 68 valence electrons. The topological polar surface area (TPSA) is 20.2 Å². The summed E-state index contributed by atoms with van der Waals surface area (Å²) in [5.41, 5.74) is -0.555. The predicted molar refractivity (Wildman–Crippen MR) is 50.6 cm³/mol. The van der Waals surface area contributed by atoms with Gasteiger partial charge in [-0.15, -0.1) is 12.3 Å². The molecule has 1 aliphatic carbocycles. The second kappa shape index (κ2) is 3.49. The fourth-order valence-electron chi connectivity index (χ4n) is 2.03. The molecule has 0 radical (unpaired) electrons. The highest BCUT2D eigenvalue weighted by molar-refractivity contribution is 4.98. The Bertz CT molecular complexity index is 192. The Balaban J connectivity index is 2.55. The molecule has 0 heterocycles. The van der Waals surface area contributed by atoms with Crippen molar-refractivity contribution in [3.63, 3.8) is 0 Å². The SMILES string of the molecule is C#CCC1(O)CCC(C)C(C)C1. The van der Waals surface area contributed by atoms with Crippen molar-refractivity contribution >= 4 is 0 Å². The molecule has 1 nitrogen and oxygen atoms in total. The van der Waals surface area contributed by atoms with Crippen LogP contribution in [0.5, 0.6) is 0 Å². The van der Waals surface area contributed by atoms with Crippen LogP contribution in [0.4, 0.5) is 0 Å². The number of hydrogen-bond donors (Lipinski definition) is 1. The van der Waals surface area contributed by atoms with Crippen LogP contribution in [-0.4, -0.2) is 10.7 Å². The van der Waals surface area contributed by atoms with Gasteiger partial charge in [-0.2, -0.15) is 0 Å². The van der Waals surface area contributed by atoms with Gasteiger partial charge < -0.3 is 5.11 Å². The number of terminal acetylenes is 1. The van der Waals surface area contributed by atoms with Crippen LogP contribution in [0.1, 0.15) is 39.5 Å². The van der Waals surface area contributed by atoms with Gasteiger partial charge in [0.05, 0.1) is 5.60 Å². The molecule has 1 saturated carbocycles. The smallest absolute Gasteiger partial charge is 0.0759 e. The molecular weight excluding hydrogens is 148 g/mol. The minimum atomic E-state index is -0.555. The maximum atomic E-state index is 10.0. The van der Waals surface area contributed by atoms with Gasteiger partial charge in [0.2, 0.25) is 0 Å². The second-order valence-electron chi connectivity index (χ2n) is 4.30. The lowest BCUT2D eigenvalue weighted by atomic mass is 9.72. The Morgan fingerprint density at radius 2 is 2.17 bits per heavy atom. The first-order chi connectivity index (χ1) is 5.57. The summed E-state index contributed by atoms with van der Waals surface area (Å²) in [5.74, 6) is 3.91. The average molecular weight is 166 g/mol. The minimum absolute atomic E-state index is 0.518. The number of rotatable bonds is 1. The van der Waals surface area contributed by atoms with Crippen LogP contribution in [0, 0.1) is 24.2 Å². The molecule has 0 aliphatic heterocycles. The lowest BCUT2D eigenvalue weighted by molar-refractivity contribution is -0.0240. The molecule has 1 fully saturated rings. The van der Waals surface area contributed by atoms with Gasteiger partial charge in [0.15, 0.2) is 0 Å². The summed E-state index contributed by atoms with van der Waals surface area (Å²) in [7, 11) is 0. The molecule has 3 atom stereocenters. The molecule has 0 amide bonds. The third-order valence-electron chi connectivity index (χ3n) is 3.17. The van der Waals surface area contributed by atoms with E-state index < -0.39 is 5.60 Å². The molecule has 0 aromatic rings. The van der Waals surface area contributed by atoms with Gasteiger partial charge >= 0.3 is 0 Å². The van der Waals surface area contributed by atoms with E-state index in [-0.39, 0.29) is 0 Å². The second-order valence-corrected chi connectivity index (χ2v) is 4.30. The Labute approximate surface area is 75.2 Å². The van der Waals surface area contributed by atoms with Gasteiger partial charge in [-0.1, -0.05) is 13.8 Å². The van der Waals surface area contributed by atoms with E-state index in [0.29, 0.717) is 12.3 Å². The number of aliphatic hydroxyl groups is 1. The van der Waals surface area contributed by atoms with E-state index >= 15 is 0 Å². The van der Waals surface area contributed by atoms with E-state index in [1.54, 1.807) is 0 Å². The molecule has 1 heteroatoms. The van der Waals surface area contributed by atoms with Crippen LogP contribution in [-0.2, 0) is 0 Å². The standard InChI is InChI=1S/C11H18O/c1-4-6-11(12)7-5-9(2)10(3)8-11/h1,9-10,12H,5-8H2,2-3H3. The molecule has 1 rings (SSSR count). The molecule has 0 spiro atoms. The summed E-state index contributed by atoms with van der Waals surface area (Å²) >= 11 is 0. The fraction of sp³-hybridized carbons (Fsp3) is 0.818. The monoisotopic (exact) mass is 166 g/mol. The first kappa shape index (κ1) is 9.61. The van der Waals surface area contributed by atoms with Crippen molar-refractivity contribution in [2.75, 3.05) is 0 Å². The first-order valence-corrected chi connectivity index (χ1v) is 4.73. The highest BCUT2D eigenvalue weighted by atomic mass is 16.3. The van der Waals surface area contributed by atoms with Gasteiger partial charge in [-0.3, -0.25) is 0 Å². The molecule has 0 bridgehead atoms. The molecule has 0 aromatic carbocycles. The van der Waals surface area contributed by atoms with Gasteiger partial charge in [0.25, 0.3) is 0 Å². The Hall–Kier alpha value is -0.480. The minimum Gasteiger partial charge on any atom is -0.389 e. The van der Waals surface area contributed by atoms with Crippen molar-refractivity contribution in [1.82, 2.24) is 0 Å². The quantitative estimate of drug-likeness (QED) is 0.592. The third kappa shape index (κ3) is 2.01. The highest BCUT2D eigenvalue weighted by Gasteiger charge is 2.34. The summed E-state index contributed by atoms with van der Waals surface area (Å²) in [5, 5.41) is 10.0. The van der Waals surface area contributed by atoms with Crippen LogP contribution in [0.3, 0.4) is 0 Å². The van der Waals surface area contributed by atoms with Gasteiger partial charge in [0, 0.05) is 6.42 Å². The summed E-state index contributed by atoms with van der Waals surface area (Å²) in [6, 6.07) is 0. The summed E-state index contributed by atoms with van der Waals surface area (Å²) in [6.45, 7) is 4.45. The van der Waals surface area contributed by atoms with Crippen LogP contribution in [0.2, 0.25) is 0 Å². The van der Waals surface area contributed by atoms with Crippen LogP contribution < -0.4 is 0 Å². The fourth-order valence-corrected chi connectivity index (χ4v) is 2.03. The predicted octanol–water partition coefficient (Wildman–Crippen LogP) is 2.20. The lowest BCUT2D eigenvalue weighted by Crippen LogP contribution is -2.37. The maximum Gasteiger partial charge on any atom is 0.0759 e. The van der Waals surface area contributed by atoms with E-state index in [9.17, 15) is 5.11 Å². The molecule has 12 heavy (non-hydrogen) atoms. The van der Waals surface area contributed by atoms with Crippen molar-refractivity contribution < 1.29 is 5.11 Å². The van der Waals surface area contributed by atoms with Gasteiger partial charge in [-0.05, 0) is 31.1 Å². The maximum absolute atomic E-state index is 10.0. The zero-order chi connectivity index (χ0) is 9.19. The number of hydrogen-bond acceptors (Lipinski definition) is 1. The lowest BCUT2D eigenvalue weighted by Gasteiger charge is -2.38. The third-order valence-corrected chi connectivity index (χ3v) is 3.17. The molecule has 0 saturated heterocycles. The first-order valence-electron chi connectivity index (χ1n) is 4.73. The van der Waals surface area contributed by atoms with Crippen molar-refractivity contribution in [3.8, 4) is 12.3 Å².